The van der Waals surface area contributed by atoms with Crippen LogP contribution in [0.3, 0.4) is 0 Å². The minimum absolute atomic E-state index is 0.271. The summed E-state index contributed by atoms with van der Waals surface area (Å²) in [5, 5.41) is 0. The highest BCUT2D eigenvalue weighted by Gasteiger charge is 2.16. The van der Waals surface area contributed by atoms with Gasteiger partial charge in [0.05, 0.1) is 0 Å². The molecule has 0 aliphatic carbocycles. The molecule has 0 unspecified atom stereocenters. The molecule has 0 bridgehead atoms. The normalized spacial score (nSPS) is 11.0. The van der Waals surface area contributed by atoms with Crippen molar-refractivity contribution in [3.63, 3.8) is 0 Å². The van der Waals surface area contributed by atoms with Crippen LogP contribution in [0.1, 0.15) is 5.56 Å². The zero-order valence-corrected chi connectivity index (χ0v) is 15.2. The number of rotatable bonds is 6. The lowest BCUT2D eigenvalue weighted by molar-refractivity contribution is 0.211. The minimum atomic E-state index is -0.311. The van der Waals surface area contributed by atoms with Crippen LogP contribution in [0.5, 0.6) is 11.6 Å². The van der Waals surface area contributed by atoms with Crippen molar-refractivity contribution in [2.24, 2.45) is 0 Å². The molecular weight excluding hydrogens is 362 g/mol. The Kier molecular flexibility index (Phi) is 4.93. The maximum Gasteiger partial charge on any atom is 0.226 e. The number of benzene rings is 2. The molecule has 0 aliphatic rings. The fourth-order valence-electron chi connectivity index (χ4n) is 2.89. The molecular formula is C22H18F2N2O2. The number of pyridine rings is 1. The topological polar surface area (TPSA) is 35.8 Å². The van der Waals surface area contributed by atoms with Crippen LogP contribution in [-0.2, 0) is 0 Å². The van der Waals surface area contributed by atoms with Crippen molar-refractivity contribution in [1.82, 2.24) is 9.38 Å². The second kappa shape index (κ2) is 7.68. The summed E-state index contributed by atoms with van der Waals surface area (Å²) in [4.78, 5) is 4.63. The molecule has 2 aromatic heterocycles. The van der Waals surface area contributed by atoms with Crippen LogP contribution in [0.15, 0.2) is 66.9 Å². The van der Waals surface area contributed by atoms with E-state index in [1.807, 2.05) is 29.7 Å². The molecule has 0 spiro atoms. The van der Waals surface area contributed by atoms with E-state index < -0.39 is 0 Å². The summed E-state index contributed by atoms with van der Waals surface area (Å²) < 4.78 is 39.7. The zero-order chi connectivity index (χ0) is 19.5. The summed E-state index contributed by atoms with van der Waals surface area (Å²) in [5.41, 5.74) is 3.19. The van der Waals surface area contributed by atoms with Crippen LogP contribution in [0.25, 0.3) is 16.9 Å². The van der Waals surface area contributed by atoms with E-state index >= 15 is 0 Å². The molecule has 0 radical (unpaired) electrons. The Morgan fingerprint density at radius 2 is 1.46 bits per heavy atom. The van der Waals surface area contributed by atoms with Crippen molar-refractivity contribution in [3.8, 4) is 22.9 Å². The fraction of sp³-hybridized carbons (Fsp3) is 0.136. The van der Waals surface area contributed by atoms with E-state index in [1.54, 1.807) is 24.3 Å². The Bertz CT molecular complexity index is 1090. The molecule has 0 saturated carbocycles. The molecule has 6 heteroatoms. The maximum atomic E-state index is 13.3. The lowest BCUT2D eigenvalue weighted by Gasteiger charge is -2.10. The average molecular weight is 380 g/mol. The summed E-state index contributed by atoms with van der Waals surface area (Å²) in [6.45, 7) is 2.54. The SMILES string of the molecule is Cc1ccc2nc(-c3ccc(F)cc3)c(OCCOc3ccc(F)cc3)n2c1. The van der Waals surface area contributed by atoms with Gasteiger partial charge in [0.15, 0.2) is 0 Å². The van der Waals surface area contributed by atoms with E-state index in [4.69, 9.17) is 9.47 Å². The summed E-state index contributed by atoms with van der Waals surface area (Å²) in [5.74, 6) is 0.512. The van der Waals surface area contributed by atoms with Crippen LogP contribution < -0.4 is 9.47 Å². The zero-order valence-electron chi connectivity index (χ0n) is 15.2. The first-order valence-electron chi connectivity index (χ1n) is 8.86. The van der Waals surface area contributed by atoms with Gasteiger partial charge in [-0.1, -0.05) is 6.07 Å². The Morgan fingerprint density at radius 3 is 2.18 bits per heavy atom. The Hall–Kier alpha value is -3.41. The number of aromatic nitrogens is 2. The van der Waals surface area contributed by atoms with E-state index in [1.165, 1.54) is 24.3 Å². The molecule has 4 nitrogen and oxygen atoms in total. The van der Waals surface area contributed by atoms with Crippen molar-refractivity contribution >= 4 is 5.65 Å². The van der Waals surface area contributed by atoms with Gasteiger partial charge >= 0.3 is 0 Å². The van der Waals surface area contributed by atoms with E-state index in [-0.39, 0.29) is 24.8 Å². The van der Waals surface area contributed by atoms with Crippen molar-refractivity contribution in [3.05, 3.63) is 84.1 Å². The van der Waals surface area contributed by atoms with E-state index in [0.29, 0.717) is 17.3 Å². The number of fused-ring (bicyclic) bond motifs is 1. The van der Waals surface area contributed by atoms with Gasteiger partial charge in [-0.3, -0.25) is 4.40 Å². The van der Waals surface area contributed by atoms with E-state index in [9.17, 15) is 8.78 Å². The molecule has 0 atom stereocenters. The van der Waals surface area contributed by atoms with Crippen LogP contribution in [0, 0.1) is 18.6 Å². The van der Waals surface area contributed by atoms with Gasteiger partial charge in [-0.15, -0.1) is 0 Å². The van der Waals surface area contributed by atoms with Crippen LogP contribution in [-0.4, -0.2) is 22.6 Å². The number of aryl methyl sites for hydroxylation is 1. The predicted molar refractivity (Wildman–Crippen MR) is 103 cm³/mol. The third-order valence-corrected chi connectivity index (χ3v) is 4.24. The summed E-state index contributed by atoms with van der Waals surface area (Å²) in [7, 11) is 0. The molecule has 28 heavy (non-hydrogen) atoms. The average Bonchev–Trinajstić information content (AvgIpc) is 3.05. The van der Waals surface area contributed by atoms with Gasteiger partial charge in [0, 0.05) is 11.8 Å². The Labute approximate surface area is 161 Å². The molecule has 0 saturated heterocycles. The number of imidazole rings is 1. The molecule has 2 heterocycles. The first-order valence-corrected chi connectivity index (χ1v) is 8.86. The number of hydrogen-bond donors (Lipinski definition) is 0. The number of nitrogens with zero attached hydrogens (tertiary/aromatic N) is 2. The molecule has 4 aromatic rings. The van der Waals surface area contributed by atoms with Crippen LogP contribution in [0.4, 0.5) is 8.78 Å². The third kappa shape index (κ3) is 3.81. The highest BCUT2D eigenvalue weighted by atomic mass is 19.1. The van der Waals surface area contributed by atoms with Crippen LogP contribution >= 0.6 is 0 Å². The molecule has 0 aliphatic heterocycles. The Morgan fingerprint density at radius 1 is 0.821 bits per heavy atom. The highest BCUT2D eigenvalue weighted by Crippen LogP contribution is 2.31. The molecule has 0 amide bonds. The fourth-order valence-corrected chi connectivity index (χ4v) is 2.89. The van der Waals surface area contributed by atoms with Crippen molar-refractivity contribution in [2.45, 2.75) is 6.92 Å². The lowest BCUT2D eigenvalue weighted by Crippen LogP contribution is -2.10. The predicted octanol–water partition coefficient (Wildman–Crippen LogP) is 5.05. The number of hydrogen-bond acceptors (Lipinski definition) is 3. The van der Waals surface area contributed by atoms with Crippen molar-refractivity contribution in [2.75, 3.05) is 13.2 Å². The smallest absolute Gasteiger partial charge is 0.226 e. The van der Waals surface area contributed by atoms with Gasteiger partial charge in [-0.2, -0.15) is 0 Å². The van der Waals surface area contributed by atoms with Crippen LogP contribution in [0.2, 0.25) is 0 Å². The van der Waals surface area contributed by atoms with Crippen molar-refractivity contribution < 1.29 is 18.3 Å². The van der Waals surface area contributed by atoms with E-state index in [0.717, 1.165) is 16.8 Å². The molecule has 0 N–H and O–H groups in total. The van der Waals surface area contributed by atoms with E-state index in [2.05, 4.69) is 4.98 Å². The second-order valence-electron chi connectivity index (χ2n) is 6.36. The van der Waals surface area contributed by atoms with Gasteiger partial charge in [-0.05, 0) is 67.1 Å². The monoisotopic (exact) mass is 380 g/mol. The summed E-state index contributed by atoms with van der Waals surface area (Å²) in [6, 6.07) is 15.8. The van der Waals surface area contributed by atoms with Crippen molar-refractivity contribution in [1.29, 1.82) is 0 Å². The second-order valence-corrected chi connectivity index (χ2v) is 6.36. The molecule has 4 rings (SSSR count). The van der Waals surface area contributed by atoms with Gasteiger partial charge in [0.2, 0.25) is 5.88 Å². The molecule has 2 aromatic carbocycles. The molecule has 0 fully saturated rings. The quantitative estimate of drug-likeness (QED) is 0.440. The highest BCUT2D eigenvalue weighted by molar-refractivity contribution is 5.69. The summed E-state index contributed by atoms with van der Waals surface area (Å²) >= 11 is 0. The minimum Gasteiger partial charge on any atom is -0.490 e. The van der Waals surface area contributed by atoms with Gasteiger partial charge in [-0.25, -0.2) is 13.8 Å². The first kappa shape index (κ1) is 18.0. The summed E-state index contributed by atoms with van der Waals surface area (Å²) in [6.07, 6.45) is 1.94. The van der Waals surface area contributed by atoms with Gasteiger partial charge in [0.25, 0.3) is 0 Å². The maximum absolute atomic E-state index is 13.3. The first-order chi connectivity index (χ1) is 13.6. The molecule has 142 valence electrons. The van der Waals surface area contributed by atoms with Gasteiger partial charge in [0.1, 0.15) is 41.9 Å². The largest absolute Gasteiger partial charge is 0.490 e. The third-order valence-electron chi connectivity index (χ3n) is 4.24. The number of ether oxygens (including phenoxy) is 2. The van der Waals surface area contributed by atoms with Gasteiger partial charge < -0.3 is 9.47 Å². The standard InChI is InChI=1S/C22H18F2N2O2/c1-15-2-11-20-25-21(16-3-5-17(23)6-4-16)22(26(20)14-15)28-13-12-27-19-9-7-18(24)8-10-19/h2-11,14H,12-13H2,1H3. The number of halogens is 2. The Balaban J connectivity index is 1.57. The lowest BCUT2D eigenvalue weighted by atomic mass is 10.1.